The van der Waals surface area contributed by atoms with Crippen molar-refractivity contribution in [3.63, 3.8) is 0 Å². The second-order valence-corrected chi connectivity index (χ2v) is 17.3. The normalized spacial score (nSPS) is 23.2. The highest BCUT2D eigenvalue weighted by atomic mass is 32.2. The number of nitrogens with one attached hydrogen (secondary N) is 1. The maximum absolute atomic E-state index is 14.4. The van der Waals surface area contributed by atoms with E-state index in [1.165, 1.54) is 6.07 Å². The molecule has 0 amide bonds. The van der Waals surface area contributed by atoms with E-state index in [0.717, 1.165) is 0 Å². The highest BCUT2D eigenvalue weighted by Crippen LogP contribution is 2.39. The molecule has 4 atom stereocenters. The zero-order valence-corrected chi connectivity index (χ0v) is 21.0. The largest absolute Gasteiger partial charge is 0.411 e. The number of halogens is 1. The van der Waals surface area contributed by atoms with Crippen LogP contribution in [0.3, 0.4) is 0 Å². The lowest BCUT2D eigenvalue weighted by molar-refractivity contribution is 0.120. The highest BCUT2D eigenvalue weighted by molar-refractivity contribution is 7.84. The summed E-state index contributed by atoms with van der Waals surface area (Å²) in [5, 5.41) is 0.0861. The Morgan fingerprint density at radius 3 is 2.38 bits per heavy atom. The van der Waals surface area contributed by atoms with Gasteiger partial charge in [0.25, 0.3) is 0 Å². The van der Waals surface area contributed by atoms with Gasteiger partial charge in [-0.2, -0.15) is 0 Å². The van der Waals surface area contributed by atoms with E-state index in [-0.39, 0.29) is 28.9 Å². The van der Waals surface area contributed by atoms with E-state index in [0.29, 0.717) is 25.2 Å². The molecule has 0 aliphatic carbocycles. The fourth-order valence-electron chi connectivity index (χ4n) is 3.10. The zero-order valence-electron chi connectivity index (χ0n) is 19.2. The second-order valence-electron chi connectivity index (χ2n) is 10.5. The molecule has 1 N–H and O–H groups in total. The first-order valence-corrected chi connectivity index (χ1v) is 14.5. The van der Waals surface area contributed by atoms with E-state index in [1.807, 2.05) is 26.8 Å². The van der Waals surface area contributed by atoms with Crippen LogP contribution >= 0.6 is 0 Å². The quantitative estimate of drug-likeness (QED) is 0.614. The Morgan fingerprint density at radius 1 is 1.21 bits per heavy atom. The summed E-state index contributed by atoms with van der Waals surface area (Å²) in [4.78, 5) is 0. The van der Waals surface area contributed by atoms with Gasteiger partial charge in [0.1, 0.15) is 5.82 Å². The zero-order chi connectivity index (χ0) is 22.0. The molecular weight excluding hydrogens is 405 g/mol. The number of benzene rings is 1. The Balaban J connectivity index is 2.28. The Morgan fingerprint density at radius 2 is 1.83 bits per heavy atom. The van der Waals surface area contributed by atoms with Gasteiger partial charge < -0.3 is 9.16 Å². The third-order valence-electron chi connectivity index (χ3n) is 6.05. The third-order valence-corrected chi connectivity index (χ3v) is 12.2. The molecule has 0 unspecified atom stereocenters. The molecule has 1 saturated heterocycles. The van der Waals surface area contributed by atoms with Gasteiger partial charge in [0, 0.05) is 12.0 Å². The predicted octanol–water partition coefficient (Wildman–Crippen LogP) is 4.83. The molecule has 1 fully saturated rings. The summed E-state index contributed by atoms with van der Waals surface area (Å²) in [6.07, 6.45) is 0.358. The predicted molar refractivity (Wildman–Crippen MR) is 121 cm³/mol. The first-order chi connectivity index (χ1) is 13.2. The molecular formula is C22H38FNO3SSi. The number of hydrogen-bond acceptors (Lipinski definition) is 3. The van der Waals surface area contributed by atoms with Gasteiger partial charge in [-0.25, -0.2) is 13.3 Å². The van der Waals surface area contributed by atoms with Gasteiger partial charge in [-0.3, -0.25) is 0 Å². The van der Waals surface area contributed by atoms with Crippen LogP contribution in [0.4, 0.5) is 4.39 Å². The van der Waals surface area contributed by atoms with Crippen LogP contribution in [-0.4, -0.2) is 42.6 Å². The molecule has 2 rings (SSSR count). The van der Waals surface area contributed by atoms with Crippen LogP contribution in [0.15, 0.2) is 24.3 Å². The third kappa shape index (κ3) is 6.44. The van der Waals surface area contributed by atoms with Crippen LogP contribution in [0.2, 0.25) is 18.1 Å². The Hall–Kier alpha value is -0.603. The van der Waals surface area contributed by atoms with Gasteiger partial charge in [0.15, 0.2) is 8.32 Å². The minimum absolute atomic E-state index is 0.00929. The van der Waals surface area contributed by atoms with Gasteiger partial charge in [0.05, 0.1) is 35.1 Å². The van der Waals surface area contributed by atoms with Crippen LogP contribution in [0.25, 0.3) is 0 Å². The van der Waals surface area contributed by atoms with Crippen molar-refractivity contribution >= 4 is 19.3 Å². The Kier molecular flexibility index (Phi) is 7.88. The van der Waals surface area contributed by atoms with E-state index in [1.54, 1.807) is 12.1 Å². The average molecular weight is 444 g/mol. The lowest BCUT2D eigenvalue weighted by Crippen LogP contribution is -2.52. The fourth-order valence-corrected chi connectivity index (χ4v) is 5.34. The summed E-state index contributed by atoms with van der Waals surface area (Å²) in [5.74, 6) is -0.225. The van der Waals surface area contributed by atoms with Gasteiger partial charge in [-0.1, -0.05) is 39.0 Å². The summed E-state index contributed by atoms with van der Waals surface area (Å²) < 4.78 is 42.6. The van der Waals surface area contributed by atoms with Gasteiger partial charge in [-0.05, 0) is 57.0 Å². The molecule has 0 radical (unpaired) electrons. The lowest BCUT2D eigenvalue weighted by Gasteiger charge is -2.40. The molecule has 0 bridgehead atoms. The minimum Gasteiger partial charge on any atom is -0.411 e. The molecule has 4 nitrogen and oxygen atoms in total. The molecule has 1 aliphatic rings. The van der Waals surface area contributed by atoms with E-state index in [9.17, 15) is 8.60 Å². The van der Waals surface area contributed by atoms with Crippen LogP contribution in [0, 0.1) is 11.7 Å². The number of rotatable bonds is 7. The summed E-state index contributed by atoms with van der Waals surface area (Å²) in [7, 11) is -3.27. The topological polar surface area (TPSA) is 47.6 Å². The summed E-state index contributed by atoms with van der Waals surface area (Å²) in [6, 6.07) is 6.59. The highest BCUT2D eigenvalue weighted by Gasteiger charge is 2.45. The Bertz CT molecular complexity index is 715. The van der Waals surface area contributed by atoms with E-state index in [2.05, 4.69) is 38.6 Å². The molecule has 29 heavy (non-hydrogen) atoms. The first-order valence-electron chi connectivity index (χ1n) is 10.4. The van der Waals surface area contributed by atoms with Gasteiger partial charge in [0.2, 0.25) is 0 Å². The average Bonchev–Trinajstić information content (AvgIpc) is 3.01. The maximum Gasteiger partial charge on any atom is 0.192 e. The molecule has 0 spiro atoms. The lowest BCUT2D eigenvalue weighted by atomic mass is 9.92. The first kappa shape index (κ1) is 24.7. The van der Waals surface area contributed by atoms with Crippen molar-refractivity contribution < 1.29 is 17.8 Å². The van der Waals surface area contributed by atoms with Crippen LogP contribution < -0.4 is 4.72 Å². The smallest absolute Gasteiger partial charge is 0.192 e. The number of ether oxygens (including phenoxy) is 1. The summed E-state index contributed by atoms with van der Waals surface area (Å²) in [5.41, 5.74) is 0.619. The molecule has 0 aromatic heterocycles. The molecule has 166 valence electrons. The van der Waals surface area contributed by atoms with Gasteiger partial charge in [-0.15, -0.1) is 0 Å². The maximum atomic E-state index is 14.4. The number of hydrogen-bond donors (Lipinski definition) is 1. The van der Waals surface area contributed by atoms with Crippen molar-refractivity contribution in [1.29, 1.82) is 0 Å². The van der Waals surface area contributed by atoms with Crippen molar-refractivity contribution in [2.45, 2.75) is 83.0 Å². The van der Waals surface area contributed by atoms with Crippen LogP contribution in [0.1, 0.15) is 47.1 Å². The van der Waals surface area contributed by atoms with Crippen LogP contribution in [-0.2, 0) is 26.6 Å². The minimum atomic E-state index is -1.99. The Labute approximate surface area is 179 Å². The van der Waals surface area contributed by atoms with Crippen molar-refractivity contribution in [1.82, 2.24) is 4.72 Å². The second kappa shape index (κ2) is 9.26. The van der Waals surface area contributed by atoms with E-state index >= 15 is 0 Å². The van der Waals surface area contributed by atoms with E-state index in [4.69, 9.17) is 9.16 Å². The molecule has 7 heteroatoms. The molecule has 1 aromatic rings. The fraction of sp³-hybridized carbons (Fsp3) is 0.727. The summed E-state index contributed by atoms with van der Waals surface area (Å²) >= 11 is 0. The van der Waals surface area contributed by atoms with Gasteiger partial charge >= 0.3 is 0 Å². The van der Waals surface area contributed by atoms with Crippen molar-refractivity contribution in [3.8, 4) is 0 Å². The monoisotopic (exact) mass is 443 g/mol. The van der Waals surface area contributed by atoms with Crippen LogP contribution in [0.5, 0.6) is 0 Å². The van der Waals surface area contributed by atoms with Crippen molar-refractivity contribution in [3.05, 3.63) is 35.6 Å². The molecule has 1 aromatic carbocycles. The van der Waals surface area contributed by atoms with Crippen molar-refractivity contribution in [2.24, 2.45) is 5.92 Å². The molecule has 0 saturated carbocycles. The van der Waals surface area contributed by atoms with Crippen molar-refractivity contribution in [2.75, 3.05) is 13.2 Å². The molecule has 1 heterocycles. The summed E-state index contributed by atoms with van der Waals surface area (Å²) in [6.45, 7) is 18.0. The standard InChI is InChI=1S/C22H38FNO3SSi/c1-21(2,3)28(25)24-19(13-16-11-9-10-12-18(16)23)17-14-26-15-20(17)27-29(7,8)22(4,5)6/h9-12,17,19-20,24H,13-15H2,1-8H3/t17-,19+,20-,28+/m1/s1. The molecule has 1 aliphatic heterocycles. The van der Waals surface area contributed by atoms with E-state index < -0.39 is 24.1 Å². The SMILES string of the molecule is CC(C)(C)[S@](=O)N[C@@H](Cc1ccccc1F)[C@H]1COC[C@H]1O[Si](C)(C)C(C)(C)C.